The molecule has 0 aliphatic rings. The number of ether oxygens (including phenoxy) is 1. The normalized spacial score (nSPS) is 13.0. The minimum Gasteiger partial charge on any atom is -0.467 e. The molecule has 1 rings (SSSR count). The van der Waals surface area contributed by atoms with E-state index in [4.69, 9.17) is 4.74 Å². The van der Waals surface area contributed by atoms with Crippen LogP contribution in [0.2, 0.25) is 0 Å². The molecule has 0 bridgehead atoms. The molecule has 1 aromatic rings. The van der Waals surface area contributed by atoms with Crippen LogP contribution in [-0.2, 0) is 0 Å². The molecule has 0 saturated carbocycles. The Morgan fingerprint density at radius 3 is 2.08 bits per heavy atom. The van der Waals surface area contributed by atoms with Gasteiger partial charge < -0.3 is 4.74 Å². The zero-order valence-corrected chi connectivity index (χ0v) is 8.61. The van der Waals surface area contributed by atoms with Gasteiger partial charge in [0.05, 0.1) is 7.11 Å². The van der Waals surface area contributed by atoms with E-state index < -0.39 is 0 Å². The van der Waals surface area contributed by atoms with Crippen LogP contribution in [0.1, 0.15) is 32.3 Å². The standard InChI is InChI=1S/C10H16N2O/c1-7(2)8(3)9-5-11-10(13-4)12-6-9/h5-8H,1-4H3/t8-/m0/s1. The van der Waals surface area contributed by atoms with Gasteiger partial charge in [0.25, 0.3) is 0 Å². The van der Waals surface area contributed by atoms with E-state index in [1.807, 2.05) is 12.4 Å². The quantitative estimate of drug-likeness (QED) is 0.715. The highest BCUT2D eigenvalue weighted by atomic mass is 16.5. The van der Waals surface area contributed by atoms with Crippen LogP contribution in [-0.4, -0.2) is 17.1 Å². The molecule has 72 valence electrons. The monoisotopic (exact) mass is 180 g/mol. The lowest BCUT2D eigenvalue weighted by Crippen LogP contribution is -2.03. The predicted molar refractivity (Wildman–Crippen MR) is 51.8 cm³/mol. The molecule has 3 heteroatoms. The first kappa shape index (κ1) is 9.96. The second kappa shape index (κ2) is 4.21. The van der Waals surface area contributed by atoms with E-state index >= 15 is 0 Å². The molecule has 0 saturated heterocycles. The first-order valence-electron chi connectivity index (χ1n) is 4.51. The summed E-state index contributed by atoms with van der Waals surface area (Å²) >= 11 is 0. The Morgan fingerprint density at radius 1 is 1.15 bits per heavy atom. The van der Waals surface area contributed by atoms with Crippen LogP contribution in [0.4, 0.5) is 0 Å². The summed E-state index contributed by atoms with van der Waals surface area (Å²) in [5.41, 5.74) is 1.16. The van der Waals surface area contributed by atoms with E-state index in [0.717, 1.165) is 5.56 Å². The Kier molecular flexibility index (Phi) is 3.23. The summed E-state index contributed by atoms with van der Waals surface area (Å²) in [7, 11) is 1.57. The molecule has 3 nitrogen and oxygen atoms in total. The molecule has 1 heterocycles. The van der Waals surface area contributed by atoms with Gasteiger partial charge in [0.2, 0.25) is 0 Å². The molecule has 0 aliphatic heterocycles. The molecule has 1 atom stereocenters. The van der Waals surface area contributed by atoms with Crippen molar-refractivity contribution < 1.29 is 4.74 Å². The molecule has 1 aromatic heterocycles. The minimum absolute atomic E-state index is 0.430. The summed E-state index contributed by atoms with van der Waals surface area (Å²) in [6.07, 6.45) is 3.66. The predicted octanol–water partition coefficient (Wildman–Crippen LogP) is 2.24. The molecule has 0 aliphatic carbocycles. The maximum atomic E-state index is 4.89. The minimum atomic E-state index is 0.430. The lowest BCUT2D eigenvalue weighted by atomic mass is 9.92. The van der Waals surface area contributed by atoms with Gasteiger partial charge in [-0.3, -0.25) is 0 Å². The summed E-state index contributed by atoms with van der Waals surface area (Å²) in [5, 5.41) is 0. The SMILES string of the molecule is COc1ncc([C@@H](C)C(C)C)cn1. The molecule has 0 N–H and O–H groups in total. The Hall–Kier alpha value is -1.12. The Bertz CT molecular complexity index is 256. The maximum absolute atomic E-state index is 4.89. The first-order chi connectivity index (χ1) is 6.15. The molecular weight excluding hydrogens is 164 g/mol. The van der Waals surface area contributed by atoms with E-state index in [1.165, 1.54) is 0 Å². The van der Waals surface area contributed by atoms with Crippen molar-refractivity contribution in [2.75, 3.05) is 7.11 Å². The Labute approximate surface area is 79.2 Å². The molecule has 0 radical (unpaired) electrons. The van der Waals surface area contributed by atoms with Gasteiger partial charge in [-0.05, 0) is 17.4 Å². The first-order valence-corrected chi connectivity index (χ1v) is 4.51. The second-order valence-corrected chi connectivity index (χ2v) is 3.54. The van der Waals surface area contributed by atoms with Crippen LogP contribution < -0.4 is 4.74 Å². The Balaban J connectivity index is 2.79. The van der Waals surface area contributed by atoms with Crippen LogP contribution in [0.25, 0.3) is 0 Å². The average molecular weight is 180 g/mol. The highest BCUT2D eigenvalue weighted by Gasteiger charge is 2.10. The summed E-state index contributed by atoms with van der Waals surface area (Å²) in [6.45, 7) is 6.56. The highest BCUT2D eigenvalue weighted by Crippen LogP contribution is 2.22. The van der Waals surface area contributed by atoms with E-state index in [0.29, 0.717) is 17.8 Å². The van der Waals surface area contributed by atoms with Crippen molar-refractivity contribution in [1.29, 1.82) is 0 Å². The van der Waals surface area contributed by atoms with Gasteiger partial charge in [-0.25, -0.2) is 9.97 Å². The van der Waals surface area contributed by atoms with Crippen LogP contribution in [0, 0.1) is 5.92 Å². The van der Waals surface area contributed by atoms with Crippen molar-refractivity contribution in [2.24, 2.45) is 5.92 Å². The van der Waals surface area contributed by atoms with Gasteiger partial charge in [0, 0.05) is 12.4 Å². The van der Waals surface area contributed by atoms with Crippen molar-refractivity contribution in [2.45, 2.75) is 26.7 Å². The molecule has 13 heavy (non-hydrogen) atoms. The fourth-order valence-corrected chi connectivity index (χ4v) is 1.05. The fourth-order valence-electron chi connectivity index (χ4n) is 1.05. The number of hydrogen-bond donors (Lipinski definition) is 0. The second-order valence-electron chi connectivity index (χ2n) is 3.54. The van der Waals surface area contributed by atoms with E-state index in [-0.39, 0.29) is 0 Å². The summed E-state index contributed by atoms with van der Waals surface area (Å²) in [4.78, 5) is 8.13. The molecule has 0 amide bonds. The van der Waals surface area contributed by atoms with E-state index in [9.17, 15) is 0 Å². The number of methoxy groups -OCH3 is 1. The zero-order chi connectivity index (χ0) is 9.84. The van der Waals surface area contributed by atoms with Crippen LogP contribution in [0.3, 0.4) is 0 Å². The van der Waals surface area contributed by atoms with Gasteiger partial charge >= 0.3 is 6.01 Å². The van der Waals surface area contributed by atoms with Gasteiger partial charge in [0.1, 0.15) is 0 Å². The largest absolute Gasteiger partial charge is 0.467 e. The summed E-state index contributed by atoms with van der Waals surface area (Å²) in [5.74, 6) is 1.10. The third-order valence-electron chi connectivity index (χ3n) is 2.36. The van der Waals surface area contributed by atoms with Crippen LogP contribution in [0.5, 0.6) is 6.01 Å². The molecule has 0 spiro atoms. The number of aromatic nitrogens is 2. The molecule has 0 unspecified atom stereocenters. The van der Waals surface area contributed by atoms with E-state index in [2.05, 4.69) is 30.7 Å². The van der Waals surface area contributed by atoms with E-state index in [1.54, 1.807) is 7.11 Å². The molecular formula is C10H16N2O. The molecule has 0 aromatic carbocycles. The highest BCUT2D eigenvalue weighted by molar-refractivity contribution is 5.12. The van der Waals surface area contributed by atoms with Gasteiger partial charge in [-0.2, -0.15) is 0 Å². The van der Waals surface area contributed by atoms with Crippen molar-refractivity contribution >= 4 is 0 Å². The van der Waals surface area contributed by atoms with Crippen molar-refractivity contribution in [3.8, 4) is 6.01 Å². The Morgan fingerprint density at radius 2 is 1.69 bits per heavy atom. The number of rotatable bonds is 3. The van der Waals surface area contributed by atoms with Crippen LogP contribution >= 0.6 is 0 Å². The maximum Gasteiger partial charge on any atom is 0.316 e. The van der Waals surface area contributed by atoms with Gasteiger partial charge in [0.15, 0.2) is 0 Å². The van der Waals surface area contributed by atoms with Crippen LogP contribution in [0.15, 0.2) is 12.4 Å². The zero-order valence-electron chi connectivity index (χ0n) is 8.61. The van der Waals surface area contributed by atoms with Gasteiger partial charge in [-0.1, -0.05) is 20.8 Å². The summed E-state index contributed by atoms with van der Waals surface area (Å²) in [6, 6.07) is 0.430. The number of hydrogen-bond acceptors (Lipinski definition) is 3. The lowest BCUT2D eigenvalue weighted by Gasteiger charge is -2.14. The number of nitrogens with zero attached hydrogens (tertiary/aromatic N) is 2. The fraction of sp³-hybridized carbons (Fsp3) is 0.600. The third kappa shape index (κ3) is 2.41. The van der Waals surface area contributed by atoms with Crippen molar-refractivity contribution in [3.05, 3.63) is 18.0 Å². The lowest BCUT2D eigenvalue weighted by molar-refractivity contribution is 0.378. The smallest absolute Gasteiger partial charge is 0.316 e. The topological polar surface area (TPSA) is 35.0 Å². The van der Waals surface area contributed by atoms with Gasteiger partial charge in [-0.15, -0.1) is 0 Å². The van der Waals surface area contributed by atoms with Crippen molar-refractivity contribution in [1.82, 2.24) is 9.97 Å². The summed E-state index contributed by atoms with van der Waals surface area (Å²) < 4.78 is 4.89. The third-order valence-corrected chi connectivity index (χ3v) is 2.36. The average Bonchev–Trinajstić information content (AvgIpc) is 2.17. The molecule has 0 fully saturated rings. The van der Waals surface area contributed by atoms with Crippen molar-refractivity contribution in [3.63, 3.8) is 0 Å².